The summed E-state index contributed by atoms with van der Waals surface area (Å²) in [6, 6.07) is 5.73. The highest BCUT2D eigenvalue weighted by molar-refractivity contribution is 7.16. The van der Waals surface area contributed by atoms with E-state index in [2.05, 4.69) is 24.1 Å². The number of aromatic nitrogens is 1. The molecular weight excluding hydrogens is 322 g/mol. The lowest BCUT2D eigenvalue weighted by Gasteiger charge is -2.32. The molecule has 2 heterocycles. The summed E-state index contributed by atoms with van der Waals surface area (Å²) in [5.74, 6) is 0.569. The highest BCUT2D eigenvalue weighted by atomic mass is 32.1. The van der Waals surface area contributed by atoms with Gasteiger partial charge in [-0.2, -0.15) is 0 Å². The van der Waals surface area contributed by atoms with Crippen molar-refractivity contribution < 1.29 is 9.59 Å². The first-order valence-electron chi connectivity index (χ1n) is 8.45. The Labute approximate surface area is 146 Å². The minimum absolute atomic E-state index is 0.0442. The Morgan fingerprint density at radius 3 is 2.79 bits per heavy atom. The molecule has 0 atom stereocenters. The fourth-order valence-corrected chi connectivity index (χ4v) is 3.73. The molecule has 0 unspecified atom stereocenters. The van der Waals surface area contributed by atoms with E-state index in [9.17, 15) is 9.59 Å². The Morgan fingerprint density at radius 1 is 1.33 bits per heavy atom. The van der Waals surface area contributed by atoms with Gasteiger partial charge in [0.2, 0.25) is 5.91 Å². The number of rotatable bonds is 4. The third kappa shape index (κ3) is 3.93. The number of nitrogens with zero attached hydrogens (tertiary/aromatic N) is 2. The average Bonchev–Trinajstić information content (AvgIpc) is 3.02. The first-order valence-corrected chi connectivity index (χ1v) is 9.33. The number of amides is 2. The second-order valence-electron chi connectivity index (χ2n) is 6.76. The van der Waals surface area contributed by atoms with Crippen molar-refractivity contribution in [2.45, 2.75) is 39.2 Å². The Kier molecular flexibility index (Phi) is 5.14. The zero-order valence-corrected chi connectivity index (χ0v) is 14.9. The molecule has 0 bridgehead atoms. The molecule has 2 aromatic rings. The van der Waals surface area contributed by atoms with Crippen LogP contribution in [-0.4, -0.2) is 40.8 Å². The maximum Gasteiger partial charge on any atom is 0.251 e. The lowest BCUT2D eigenvalue weighted by atomic mass is 10.0. The number of carbonyl (C=O) groups excluding carboxylic acids is 2. The number of piperidine rings is 1. The third-order valence-electron chi connectivity index (χ3n) is 4.36. The molecule has 24 heavy (non-hydrogen) atoms. The molecule has 1 N–H and O–H groups in total. The average molecular weight is 345 g/mol. The van der Waals surface area contributed by atoms with Gasteiger partial charge in [0, 0.05) is 31.1 Å². The normalized spacial score (nSPS) is 15.9. The van der Waals surface area contributed by atoms with Crippen molar-refractivity contribution in [3.63, 3.8) is 0 Å². The Bertz CT molecular complexity index is 733. The number of carbonyl (C=O) groups is 2. The number of thiazole rings is 1. The minimum Gasteiger partial charge on any atom is -0.349 e. The monoisotopic (exact) mass is 345 g/mol. The van der Waals surface area contributed by atoms with Crippen molar-refractivity contribution in [3.8, 4) is 0 Å². The van der Waals surface area contributed by atoms with Crippen LogP contribution in [0.4, 0.5) is 0 Å². The van der Waals surface area contributed by atoms with Crippen molar-refractivity contribution in [2.75, 3.05) is 13.1 Å². The van der Waals surface area contributed by atoms with Crippen LogP contribution in [0.3, 0.4) is 0 Å². The topological polar surface area (TPSA) is 62.3 Å². The number of fused-ring (bicyclic) bond motifs is 1. The van der Waals surface area contributed by atoms with Gasteiger partial charge in [0.1, 0.15) is 0 Å². The van der Waals surface area contributed by atoms with E-state index >= 15 is 0 Å². The molecule has 1 aliphatic heterocycles. The molecule has 1 aromatic heterocycles. The predicted octanol–water partition coefficient (Wildman–Crippen LogP) is 3.06. The van der Waals surface area contributed by atoms with Crippen LogP contribution in [0, 0.1) is 5.92 Å². The summed E-state index contributed by atoms with van der Waals surface area (Å²) in [5.41, 5.74) is 3.38. The van der Waals surface area contributed by atoms with Crippen molar-refractivity contribution >= 4 is 33.4 Å². The van der Waals surface area contributed by atoms with E-state index in [1.165, 1.54) is 11.3 Å². The molecule has 0 aliphatic carbocycles. The van der Waals surface area contributed by atoms with Gasteiger partial charge in [-0.1, -0.05) is 13.8 Å². The maximum atomic E-state index is 12.4. The fourth-order valence-electron chi connectivity index (χ4n) is 3.02. The van der Waals surface area contributed by atoms with Crippen LogP contribution in [0.25, 0.3) is 10.2 Å². The van der Waals surface area contributed by atoms with Crippen LogP contribution < -0.4 is 5.32 Å². The van der Waals surface area contributed by atoms with Gasteiger partial charge in [-0.15, -0.1) is 11.3 Å². The van der Waals surface area contributed by atoms with Crippen LogP contribution in [0.5, 0.6) is 0 Å². The molecule has 0 radical (unpaired) electrons. The quantitative estimate of drug-likeness (QED) is 0.926. The van der Waals surface area contributed by atoms with E-state index in [1.807, 2.05) is 23.1 Å². The molecule has 3 rings (SSSR count). The number of nitrogens with one attached hydrogen (secondary N) is 1. The highest BCUT2D eigenvalue weighted by Gasteiger charge is 2.24. The van der Waals surface area contributed by atoms with Crippen LogP contribution in [0.15, 0.2) is 23.7 Å². The van der Waals surface area contributed by atoms with Gasteiger partial charge in [-0.25, -0.2) is 4.98 Å². The van der Waals surface area contributed by atoms with Crippen molar-refractivity contribution in [2.24, 2.45) is 5.92 Å². The number of likely N-dealkylation sites (tertiary alicyclic amines) is 1. The first-order chi connectivity index (χ1) is 11.5. The van der Waals surface area contributed by atoms with E-state index in [4.69, 9.17) is 0 Å². The van der Waals surface area contributed by atoms with Gasteiger partial charge in [0.15, 0.2) is 0 Å². The highest BCUT2D eigenvalue weighted by Crippen LogP contribution is 2.20. The molecule has 6 heteroatoms. The summed E-state index contributed by atoms with van der Waals surface area (Å²) in [7, 11) is 0. The standard InChI is InChI=1S/C18H23N3O2S/c1-12(2)9-17(22)21-7-5-14(6-8-21)20-18(23)13-3-4-15-16(10-13)24-11-19-15/h3-4,10-12,14H,5-9H2,1-2H3,(H,20,23). The number of benzene rings is 1. The SMILES string of the molecule is CC(C)CC(=O)N1CCC(NC(=O)c2ccc3ncsc3c2)CC1. The van der Waals surface area contributed by atoms with E-state index < -0.39 is 0 Å². The lowest BCUT2D eigenvalue weighted by molar-refractivity contribution is -0.133. The van der Waals surface area contributed by atoms with E-state index in [0.717, 1.165) is 36.1 Å². The second-order valence-corrected chi connectivity index (χ2v) is 7.65. The zero-order chi connectivity index (χ0) is 17.1. The van der Waals surface area contributed by atoms with Gasteiger partial charge < -0.3 is 10.2 Å². The summed E-state index contributed by atoms with van der Waals surface area (Å²) < 4.78 is 1.02. The van der Waals surface area contributed by atoms with Crippen LogP contribution in [-0.2, 0) is 4.79 Å². The molecule has 5 nitrogen and oxygen atoms in total. The fraction of sp³-hybridized carbons (Fsp3) is 0.500. The Morgan fingerprint density at radius 2 is 2.08 bits per heavy atom. The molecule has 1 saturated heterocycles. The second kappa shape index (κ2) is 7.30. The molecule has 128 valence electrons. The zero-order valence-electron chi connectivity index (χ0n) is 14.1. The Balaban J connectivity index is 1.53. The van der Waals surface area contributed by atoms with Gasteiger partial charge in [0.05, 0.1) is 15.7 Å². The summed E-state index contributed by atoms with van der Waals surface area (Å²) in [5, 5.41) is 3.10. The van der Waals surface area contributed by atoms with Gasteiger partial charge in [-0.05, 0) is 37.0 Å². The Hall–Kier alpha value is -1.95. The largest absolute Gasteiger partial charge is 0.349 e. The van der Waals surface area contributed by atoms with Gasteiger partial charge in [0.25, 0.3) is 5.91 Å². The predicted molar refractivity (Wildman–Crippen MR) is 96.1 cm³/mol. The van der Waals surface area contributed by atoms with E-state index in [1.54, 1.807) is 5.51 Å². The molecule has 0 saturated carbocycles. The summed E-state index contributed by atoms with van der Waals surface area (Å²) in [6.07, 6.45) is 2.24. The molecule has 1 aromatic carbocycles. The van der Waals surface area contributed by atoms with Crippen LogP contribution in [0.2, 0.25) is 0 Å². The first kappa shape index (κ1) is 16.9. The van der Waals surface area contributed by atoms with Crippen molar-refractivity contribution in [1.82, 2.24) is 15.2 Å². The van der Waals surface area contributed by atoms with Gasteiger partial charge >= 0.3 is 0 Å². The van der Waals surface area contributed by atoms with Crippen LogP contribution >= 0.6 is 11.3 Å². The summed E-state index contributed by atoms with van der Waals surface area (Å²) >= 11 is 1.54. The van der Waals surface area contributed by atoms with Gasteiger partial charge in [-0.3, -0.25) is 9.59 Å². The smallest absolute Gasteiger partial charge is 0.251 e. The molecule has 2 amide bonds. The van der Waals surface area contributed by atoms with E-state index in [-0.39, 0.29) is 17.9 Å². The number of hydrogen-bond donors (Lipinski definition) is 1. The molecular formula is C18H23N3O2S. The van der Waals surface area contributed by atoms with Crippen LogP contribution in [0.1, 0.15) is 43.5 Å². The minimum atomic E-state index is -0.0442. The van der Waals surface area contributed by atoms with E-state index in [0.29, 0.717) is 17.9 Å². The maximum absolute atomic E-state index is 12.4. The molecule has 1 fully saturated rings. The van der Waals surface area contributed by atoms with Crippen molar-refractivity contribution in [3.05, 3.63) is 29.3 Å². The lowest BCUT2D eigenvalue weighted by Crippen LogP contribution is -2.46. The van der Waals surface area contributed by atoms with Crippen molar-refractivity contribution in [1.29, 1.82) is 0 Å². The number of hydrogen-bond acceptors (Lipinski definition) is 4. The molecule has 0 spiro atoms. The summed E-state index contributed by atoms with van der Waals surface area (Å²) in [6.45, 7) is 5.57. The molecule has 1 aliphatic rings. The summed E-state index contributed by atoms with van der Waals surface area (Å²) in [4.78, 5) is 30.7. The third-order valence-corrected chi connectivity index (χ3v) is 5.15.